The number of nitrogens with one attached hydrogen (secondary N) is 1. The Kier molecular flexibility index (Phi) is 6.38. The highest BCUT2D eigenvalue weighted by atomic mass is 15.3. The fourth-order valence-electron chi connectivity index (χ4n) is 0.875. The molecule has 1 rings (SSSR count). The van der Waals surface area contributed by atoms with E-state index in [4.69, 9.17) is 0 Å². The second-order valence-electron chi connectivity index (χ2n) is 2.23. The van der Waals surface area contributed by atoms with Gasteiger partial charge in [0.2, 0.25) is 0 Å². The van der Waals surface area contributed by atoms with Crippen molar-refractivity contribution in [3.8, 4) is 0 Å². The first-order chi connectivity index (χ1) is 5.86. The minimum absolute atomic E-state index is 0.903. The van der Waals surface area contributed by atoms with Crippen molar-refractivity contribution in [1.82, 2.24) is 15.1 Å². The molecule has 0 unspecified atom stereocenters. The van der Waals surface area contributed by atoms with Crippen molar-refractivity contribution in [3.63, 3.8) is 0 Å². The maximum Gasteiger partial charge on any atom is 0.0534 e. The maximum atomic E-state index is 4.13. The Morgan fingerprint density at radius 1 is 1.50 bits per heavy atom. The van der Waals surface area contributed by atoms with Crippen molar-refractivity contribution in [2.45, 2.75) is 33.9 Å². The molecule has 0 fully saturated rings. The summed E-state index contributed by atoms with van der Waals surface area (Å²) in [6, 6.07) is 0. The second kappa shape index (κ2) is 6.85. The van der Waals surface area contributed by atoms with Crippen LogP contribution in [0.1, 0.15) is 26.3 Å². The number of aryl methyl sites for hydroxylation is 1. The van der Waals surface area contributed by atoms with Crippen molar-refractivity contribution < 1.29 is 0 Å². The minimum Gasteiger partial charge on any atom is -0.316 e. The van der Waals surface area contributed by atoms with Crippen LogP contribution in [0.4, 0.5) is 0 Å². The van der Waals surface area contributed by atoms with Crippen LogP contribution in [0, 0.1) is 0 Å². The summed E-state index contributed by atoms with van der Waals surface area (Å²) in [4.78, 5) is 0. The Morgan fingerprint density at radius 2 is 2.17 bits per heavy atom. The van der Waals surface area contributed by atoms with Crippen LogP contribution in [0.5, 0.6) is 0 Å². The van der Waals surface area contributed by atoms with Crippen LogP contribution in [-0.2, 0) is 13.1 Å². The van der Waals surface area contributed by atoms with Gasteiger partial charge in [-0.1, -0.05) is 13.8 Å². The lowest BCUT2D eigenvalue weighted by molar-refractivity contribution is 0.658. The normalized spacial score (nSPS) is 9.00. The average Bonchev–Trinajstić information content (AvgIpc) is 2.57. The number of hydrogen-bond acceptors (Lipinski definition) is 2. The highest BCUT2D eigenvalue weighted by molar-refractivity contribution is 5.02. The van der Waals surface area contributed by atoms with E-state index in [-0.39, 0.29) is 0 Å². The molecule has 1 aromatic heterocycles. The molecule has 3 heteroatoms. The third kappa shape index (κ3) is 3.53. The first kappa shape index (κ1) is 11.2. The summed E-state index contributed by atoms with van der Waals surface area (Å²) in [5.74, 6) is 0. The van der Waals surface area contributed by atoms with E-state index in [9.17, 15) is 0 Å². The summed E-state index contributed by atoms with van der Waals surface area (Å²) >= 11 is 0. The number of hydrogen-bond donors (Lipinski definition) is 1. The van der Waals surface area contributed by atoms with Gasteiger partial charge in [0.1, 0.15) is 0 Å². The molecular formula is C9H19N3. The lowest BCUT2D eigenvalue weighted by Gasteiger charge is -1.92. The first-order valence-electron chi connectivity index (χ1n) is 4.52. The molecule has 0 aliphatic heterocycles. The third-order valence-electron chi connectivity index (χ3n) is 1.39. The van der Waals surface area contributed by atoms with Gasteiger partial charge in [-0.05, 0) is 14.0 Å². The second-order valence-corrected chi connectivity index (χ2v) is 2.23. The predicted molar refractivity (Wildman–Crippen MR) is 52.0 cm³/mol. The summed E-state index contributed by atoms with van der Waals surface area (Å²) in [5.41, 5.74) is 1.24. The molecule has 1 N–H and O–H groups in total. The van der Waals surface area contributed by atoms with E-state index in [1.807, 2.05) is 31.8 Å². The molecule has 0 saturated heterocycles. The van der Waals surface area contributed by atoms with Gasteiger partial charge in [0.15, 0.2) is 0 Å². The number of nitrogens with zero attached hydrogens (tertiary/aromatic N) is 2. The monoisotopic (exact) mass is 169 g/mol. The predicted octanol–water partition coefficient (Wildman–Crippen LogP) is 1.65. The standard InChI is InChI=1S/C7H13N3.C2H6/c1-3-10-6-7(4-8-2)5-9-10;1-2/h5-6,8H,3-4H2,1-2H3;1-2H3. The fourth-order valence-corrected chi connectivity index (χ4v) is 0.875. The van der Waals surface area contributed by atoms with Crippen LogP contribution < -0.4 is 5.32 Å². The SMILES string of the molecule is CC.CCn1cc(CNC)cn1. The molecule has 12 heavy (non-hydrogen) atoms. The Morgan fingerprint density at radius 3 is 2.58 bits per heavy atom. The van der Waals surface area contributed by atoms with Crippen LogP contribution in [-0.4, -0.2) is 16.8 Å². The van der Waals surface area contributed by atoms with E-state index < -0.39 is 0 Å². The van der Waals surface area contributed by atoms with E-state index in [0.29, 0.717) is 0 Å². The zero-order chi connectivity index (χ0) is 9.40. The van der Waals surface area contributed by atoms with E-state index >= 15 is 0 Å². The minimum atomic E-state index is 0.903. The van der Waals surface area contributed by atoms with Gasteiger partial charge < -0.3 is 5.32 Å². The molecule has 0 aromatic carbocycles. The molecule has 0 spiro atoms. The topological polar surface area (TPSA) is 29.9 Å². The molecule has 0 bridgehead atoms. The molecule has 1 heterocycles. The summed E-state index contributed by atoms with van der Waals surface area (Å²) in [6.07, 6.45) is 3.94. The molecule has 0 aliphatic rings. The van der Waals surface area contributed by atoms with Crippen LogP contribution in [0.25, 0.3) is 0 Å². The molecule has 70 valence electrons. The Labute approximate surface area is 74.8 Å². The summed E-state index contributed by atoms with van der Waals surface area (Å²) in [6.45, 7) is 7.93. The van der Waals surface area contributed by atoms with E-state index in [2.05, 4.69) is 23.5 Å². The lowest BCUT2D eigenvalue weighted by atomic mass is 10.4. The smallest absolute Gasteiger partial charge is 0.0534 e. The van der Waals surface area contributed by atoms with E-state index in [0.717, 1.165) is 13.1 Å². The Bertz CT molecular complexity index is 193. The fraction of sp³-hybridized carbons (Fsp3) is 0.667. The van der Waals surface area contributed by atoms with Gasteiger partial charge in [0, 0.05) is 24.8 Å². The van der Waals surface area contributed by atoms with Crippen molar-refractivity contribution in [2.75, 3.05) is 7.05 Å². The zero-order valence-corrected chi connectivity index (χ0v) is 8.46. The Balaban J connectivity index is 0.000000561. The quantitative estimate of drug-likeness (QED) is 0.745. The molecule has 0 amide bonds. The van der Waals surface area contributed by atoms with Crippen LogP contribution >= 0.6 is 0 Å². The van der Waals surface area contributed by atoms with Gasteiger partial charge >= 0.3 is 0 Å². The third-order valence-corrected chi connectivity index (χ3v) is 1.39. The summed E-state index contributed by atoms with van der Waals surface area (Å²) in [5, 5.41) is 7.20. The van der Waals surface area contributed by atoms with Crippen molar-refractivity contribution in [3.05, 3.63) is 18.0 Å². The Hall–Kier alpha value is -0.830. The highest BCUT2D eigenvalue weighted by Gasteiger charge is 1.92. The van der Waals surface area contributed by atoms with Crippen molar-refractivity contribution in [2.24, 2.45) is 0 Å². The van der Waals surface area contributed by atoms with Gasteiger partial charge in [-0.25, -0.2) is 0 Å². The van der Waals surface area contributed by atoms with Crippen LogP contribution in [0.2, 0.25) is 0 Å². The van der Waals surface area contributed by atoms with Gasteiger partial charge in [0.05, 0.1) is 6.20 Å². The maximum absolute atomic E-state index is 4.13. The molecule has 1 aromatic rings. The first-order valence-corrected chi connectivity index (χ1v) is 4.52. The van der Waals surface area contributed by atoms with Crippen LogP contribution in [0.3, 0.4) is 0 Å². The lowest BCUT2D eigenvalue weighted by Crippen LogP contribution is -2.03. The zero-order valence-electron chi connectivity index (χ0n) is 8.46. The highest BCUT2D eigenvalue weighted by Crippen LogP contribution is 1.95. The summed E-state index contributed by atoms with van der Waals surface area (Å²) < 4.78 is 1.92. The van der Waals surface area contributed by atoms with Gasteiger partial charge in [0.25, 0.3) is 0 Å². The number of rotatable bonds is 3. The van der Waals surface area contributed by atoms with E-state index in [1.54, 1.807) is 0 Å². The molecule has 3 nitrogen and oxygen atoms in total. The van der Waals surface area contributed by atoms with Gasteiger partial charge in [-0.2, -0.15) is 5.10 Å². The molecular weight excluding hydrogens is 150 g/mol. The van der Waals surface area contributed by atoms with Gasteiger partial charge in [-0.15, -0.1) is 0 Å². The van der Waals surface area contributed by atoms with Crippen molar-refractivity contribution in [1.29, 1.82) is 0 Å². The van der Waals surface area contributed by atoms with Gasteiger partial charge in [-0.3, -0.25) is 4.68 Å². The summed E-state index contributed by atoms with van der Waals surface area (Å²) in [7, 11) is 1.93. The van der Waals surface area contributed by atoms with E-state index in [1.165, 1.54) is 5.56 Å². The van der Waals surface area contributed by atoms with Crippen molar-refractivity contribution >= 4 is 0 Å². The molecule has 0 atom stereocenters. The number of aromatic nitrogens is 2. The average molecular weight is 169 g/mol. The molecule has 0 aliphatic carbocycles. The van der Waals surface area contributed by atoms with Crippen LogP contribution in [0.15, 0.2) is 12.4 Å². The molecule has 0 saturated carbocycles. The largest absolute Gasteiger partial charge is 0.316 e. The molecule has 0 radical (unpaired) electrons.